The largest absolute Gasteiger partial charge is 0.496 e. The Hall–Kier alpha value is -5.02. The molecule has 0 spiro atoms. The Morgan fingerprint density at radius 3 is 2.31 bits per heavy atom. The maximum atomic E-state index is 15.0. The summed E-state index contributed by atoms with van der Waals surface area (Å²) in [4.78, 5) is 42.6. The molecule has 2 heterocycles. The minimum atomic E-state index is -4.89. The first-order chi connectivity index (χ1) is 22.8. The Balaban J connectivity index is 1.54. The van der Waals surface area contributed by atoms with E-state index in [1.807, 2.05) is 4.90 Å². The zero-order valence-corrected chi connectivity index (χ0v) is 26.2. The fraction of sp³-hybridized carbons (Fsp3) is 0.333. The minimum Gasteiger partial charge on any atom is -0.496 e. The molecule has 1 fully saturated rings. The number of aromatic nitrogens is 2. The molecule has 1 aromatic heterocycles. The first-order valence-electron chi connectivity index (χ1n) is 15.1. The van der Waals surface area contributed by atoms with Crippen LogP contribution >= 0.6 is 0 Å². The average molecular weight is 671 g/mol. The number of rotatable bonds is 10. The minimum absolute atomic E-state index is 0.0283. The Morgan fingerprint density at radius 1 is 0.958 bits per heavy atom. The topological polar surface area (TPSA) is 129 Å². The van der Waals surface area contributed by atoms with E-state index in [9.17, 15) is 37.3 Å². The number of methoxy groups -OCH3 is 1. The third-order valence-corrected chi connectivity index (χ3v) is 8.53. The van der Waals surface area contributed by atoms with Crippen molar-refractivity contribution < 1.29 is 27.2 Å². The molecular formula is C33H34F4N6O5. The van der Waals surface area contributed by atoms with Gasteiger partial charge >= 0.3 is 11.9 Å². The van der Waals surface area contributed by atoms with Crippen molar-refractivity contribution >= 4 is 11.4 Å². The van der Waals surface area contributed by atoms with Crippen molar-refractivity contribution in [1.82, 2.24) is 14.0 Å². The molecule has 48 heavy (non-hydrogen) atoms. The van der Waals surface area contributed by atoms with E-state index in [1.54, 1.807) is 41.3 Å². The van der Waals surface area contributed by atoms with Gasteiger partial charge in [0.15, 0.2) is 0 Å². The van der Waals surface area contributed by atoms with Gasteiger partial charge in [0.1, 0.15) is 17.3 Å². The van der Waals surface area contributed by atoms with Crippen LogP contribution in [0.1, 0.15) is 34.0 Å². The summed E-state index contributed by atoms with van der Waals surface area (Å²) in [6.45, 7) is 2.23. The van der Waals surface area contributed by atoms with E-state index in [2.05, 4.69) is 0 Å². The van der Waals surface area contributed by atoms with Gasteiger partial charge < -0.3 is 15.4 Å². The van der Waals surface area contributed by atoms with Gasteiger partial charge in [-0.2, -0.15) is 13.2 Å². The molecule has 2 N–H and O–H groups in total. The Bertz CT molecular complexity index is 1940. The normalized spacial score (nSPS) is 14.6. The van der Waals surface area contributed by atoms with Gasteiger partial charge in [0.05, 0.1) is 36.7 Å². The molecule has 0 bridgehead atoms. The van der Waals surface area contributed by atoms with Crippen LogP contribution in [0.25, 0.3) is 0 Å². The number of hydrogen-bond donors (Lipinski definition) is 1. The van der Waals surface area contributed by atoms with Crippen molar-refractivity contribution in [3.05, 3.63) is 131 Å². The number of nitrogens with two attached hydrogens (primary N) is 1. The molecule has 4 aromatic rings. The van der Waals surface area contributed by atoms with Crippen molar-refractivity contribution in [2.75, 3.05) is 38.2 Å². The van der Waals surface area contributed by atoms with Crippen molar-refractivity contribution in [2.24, 2.45) is 5.73 Å². The molecule has 0 aliphatic carbocycles. The fourth-order valence-corrected chi connectivity index (χ4v) is 6.06. The first-order valence-corrected chi connectivity index (χ1v) is 15.1. The van der Waals surface area contributed by atoms with Crippen LogP contribution in [-0.2, 0) is 25.8 Å². The Morgan fingerprint density at radius 2 is 1.65 bits per heavy atom. The van der Waals surface area contributed by atoms with Gasteiger partial charge in [-0.15, -0.1) is 0 Å². The molecule has 0 unspecified atom stereocenters. The highest BCUT2D eigenvalue weighted by molar-refractivity contribution is 5.50. The lowest BCUT2D eigenvalue weighted by molar-refractivity contribution is -0.384. The Kier molecular flexibility index (Phi) is 10.0. The number of nitro groups is 1. The van der Waals surface area contributed by atoms with Crippen LogP contribution in [-0.4, -0.2) is 52.2 Å². The van der Waals surface area contributed by atoms with E-state index in [1.165, 1.54) is 26.2 Å². The monoisotopic (exact) mass is 670 g/mol. The van der Waals surface area contributed by atoms with E-state index in [-0.39, 0.29) is 23.6 Å². The number of benzene rings is 3. The number of anilines is 1. The number of alkyl halides is 3. The highest BCUT2D eigenvalue weighted by atomic mass is 19.4. The number of nitro benzene ring substituents is 1. The highest BCUT2D eigenvalue weighted by Crippen LogP contribution is 2.34. The molecule has 3 aromatic carbocycles. The van der Waals surface area contributed by atoms with Crippen LogP contribution in [0.2, 0.25) is 0 Å². The van der Waals surface area contributed by atoms with Gasteiger partial charge in [-0.3, -0.25) is 28.9 Å². The fourth-order valence-electron chi connectivity index (χ4n) is 6.06. The maximum Gasteiger partial charge on any atom is 0.416 e. The number of nitrogens with zero attached hydrogens (tertiary/aromatic N) is 5. The van der Waals surface area contributed by atoms with E-state index >= 15 is 0 Å². The molecule has 0 saturated carbocycles. The quantitative estimate of drug-likeness (QED) is 0.149. The zero-order valence-electron chi connectivity index (χ0n) is 26.2. The van der Waals surface area contributed by atoms with E-state index in [0.29, 0.717) is 44.0 Å². The second kappa shape index (κ2) is 14.0. The number of para-hydroxylation sites is 1. The van der Waals surface area contributed by atoms with Gasteiger partial charge in [-0.1, -0.05) is 36.4 Å². The molecule has 1 atom stereocenters. The molecule has 254 valence electrons. The van der Waals surface area contributed by atoms with Crippen LogP contribution in [0.15, 0.2) is 76.3 Å². The molecule has 1 aliphatic rings. The standard InChI is InChI=1S/C33H34F4N6O5/c1-21-30(40-15-13-39(14-16-40)18-22-7-5-8-23(17-22)43(46)47)31(44)42(20-28(38)24-9-3-4-12-29(24)48-2)32(45)41(21)19-25-26(33(35,36)37)10-6-11-27(25)34/h3-12,17,28H,13-16,18-20,38H2,1-2H3/t28-/m0/s1. The van der Waals surface area contributed by atoms with E-state index in [4.69, 9.17) is 10.5 Å². The number of ether oxygens (including phenoxy) is 1. The van der Waals surface area contributed by atoms with Crippen LogP contribution in [0, 0.1) is 22.9 Å². The average Bonchev–Trinajstić information content (AvgIpc) is 3.06. The van der Waals surface area contributed by atoms with Gasteiger partial charge in [0.25, 0.3) is 11.2 Å². The van der Waals surface area contributed by atoms with Gasteiger partial charge in [0, 0.05) is 61.7 Å². The summed E-state index contributed by atoms with van der Waals surface area (Å²) in [5.74, 6) is -0.720. The molecule has 1 aliphatic heterocycles. The van der Waals surface area contributed by atoms with Crippen LogP contribution in [0.5, 0.6) is 5.75 Å². The predicted octanol–water partition coefficient (Wildman–Crippen LogP) is 4.46. The summed E-state index contributed by atoms with van der Waals surface area (Å²) < 4.78 is 64.1. The van der Waals surface area contributed by atoms with E-state index in [0.717, 1.165) is 32.9 Å². The molecule has 0 radical (unpaired) electrons. The first kappa shape index (κ1) is 34.3. The number of hydrogen-bond acceptors (Lipinski definition) is 8. The summed E-state index contributed by atoms with van der Waals surface area (Å²) >= 11 is 0. The molecule has 1 saturated heterocycles. The summed E-state index contributed by atoms with van der Waals surface area (Å²) in [7, 11) is 1.44. The third kappa shape index (κ3) is 7.11. The summed E-state index contributed by atoms with van der Waals surface area (Å²) in [5.41, 5.74) is 4.27. The molecule has 15 heteroatoms. The van der Waals surface area contributed by atoms with Gasteiger partial charge in [-0.05, 0) is 30.7 Å². The molecular weight excluding hydrogens is 636 g/mol. The lowest BCUT2D eigenvalue weighted by Gasteiger charge is -2.37. The van der Waals surface area contributed by atoms with E-state index < -0.39 is 51.9 Å². The summed E-state index contributed by atoms with van der Waals surface area (Å²) in [6.07, 6.45) is -4.89. The summed E-state index contributed by atoms with van der Waals surface area (Å²) in [6, 6.07) is 14.7. The smallest absolute Gasteiger partial charge is 0.416 e. The van der Waals surface area contributed by atoms with Crippen LogP contribution < -0.4 is 26.6 Å². The predicted molar refractivity (Wildman–Crippen MR) is 171 cm³/mol. The third-order valence-electron chi connectivity index (χ3n) is 8.53. The lowest BCUT2D eigenvalue weighted by atomic mass is 10.1. The lowest BCUT2D eigenvalue weighted by Crippen LogP contribution is -2.51. The molecule has 0 amide bonds. The van der Waals surface area contributed by atoms with Crippen molar-refractivity contribution in [2.45, 2.75) is 38.8 Å². The number of non-ortho nitro benzene ring substituents is 1. The number of piperazine rings is 1. The van der Waals surface area contributed by atoms with Crippen molar-refractivity contribution in [3.8, 4) is 5.75 Å². The maximum absolute atomic E-state index is 15.0. The number of halogens is 4. The zero-order chi connectivity index (χ0) is 34.7. The molecule has 11 nitrogen and oxygen atoms in total. The van der Waals surface area contributed by atoms with Crippen LogP contribution in [0.4, 0.5) is 28.9 Å². The second-order valence-corrected chi connectivity index (χ2v) is 11.5. The summed E-state index contributed by atoms with van der Waals surface area (Å²) in [5, 5.41) is 11.2. The van der Waals surface area contributed by atoms with Crippen molar-refractivity contribution in [3.63, 3.8) is 0 Å². The Labute approximate surface area is 272 Å². The highest BCUT2D eigenvalue weighted by Gasteiger charge is 2.35. The molecule has 5 rings (SSSR count). The SMILES string of the molecule is COc1ccccc1[C@@H](N)Cn1c(=O)c(N2CCN(Cc3cccc([N+](=O)[O-])c3)CC2)c(C)n(Cc2c(F)cccc2C(F)(F)F)c1=O. The second-order valence-electron chi connectivity index (χ2n) is 11.5. The van der Waals surface area contributed by atoms with Crippen molar-refractivity contribution in [1.29, 1.82) is 0 Å². The van der Waals surface area contributed by atoms with Gasteiger partial charge in [-0.25, -0.2) is 9.18 Å². The van der Waals surface area contributed by atoms with Crippen LogP contribution in [0.3, 0.4) is 0 Å². The van der Waals surface area contributed by atoms with Gasteiger partial charge in [0.2, 0.25) is 0 Å².